The van der Waals surface area contributed by atoms with Crippen LogP contribution in [0, 0.1) is 5.92 Å². The lowest BCUT2D eigenvalue weighted by molar-refractivity contribution is 0.604. The van der Waals surface area contributed by atoms with Crippen molar-refractivity contribution in [2.75, 3.05) is 6.54 Å². The fourth-order valence-corrected chi connectivity index (χ4v) is 1.15. The minimum absolute atomic E-state index is 0.611. The molecule has 1 N–H and O–H groups in total. The minimum Gasteiger partial charge on any atom is -0.308 e. The highest BCUT2D eigenvalue weighted by atomic mass is 15.2. The van der Waals surface area contributed by atoms with Crippen LogP contribution in [0.3, 0.4) is 0 Å². The molecule has 0 amide bonds. The standard InChI is InChI=1S/C6H11N/c1-6(4-7-6)5-2-3-5/h5,7H,2-4H2,1H3/t6-/m1/s1. The number of rotatable bonds is 1. The highest BCUT2D eigenvalue weighted by molar-refractivity contribution is 5.09. The van der Waals surface area contributed by atoms with Crippen LogP contribution >= 0.6 is 0 Å². The summed E-state index contributed by atoms with van der Waals surface area (Å²) in [5.41, 5.74) is 0.611. The Morgan fingerprint density at radius 1 is 1.57 bits per heavy atom. The summed E-state index contributed by atoms with van der Waals surface area (Å²) in [6.07, 6.45) is 2.95. The van der Waals surface area contributed by atoms with Crippen molar-refractivity contribution in [1.82, 2.24) is 5.32 Å². The van der Waals surface area contributed by atoms with Crippen molar-refractivity contribution in [1.29, 1.82) is 0 Å². The first-order valence-electron chi connectivity index (χ1n) is 3.06. The second kappa shape index (κ2) is 0.873. The molecule has 7 heavy (non-hydrogen) atoms. The predicted octanol–water partition coefficient (Wildman–Crippen LogP) is 0.758. The first kappa shape index (κ1) is 3.90. The van der Waals surface area contributed by atoms with Crippen LogP contribution < -0.4 is 5.32 Å². The van der Waals surface area contributed by atoms with Gasteiger partial charge in [0.25, 0.3) is 0 Å². The van der Waals surface area contributed by atoms with E-state index < -0.39 is 0 Å². The summed E-state index contributed by atoms with van der Waals surface area (Å²) < 4.78 is 0. The average molecular weight is 97.2 g/mol. The molecular weight excluding hydrogens is 86.1 g/mol. The molecule has 1 heterocycles. The van der Waals surface area contributed by atoms with E-state index in [4.69, 9.17) is 0 Å². The maximum atomic E-state index is 3.37. The molecule has 1 atom stereocenters. The quantitative estimate of drug-likeness (QED) is 0.479. The second-order valence-corrected chi connectivity index (χ2v) is 3.05. The fraction of sp³-hybridized carbons (Fsp3) is 1.00. The summed E-state index contributed by atoms with van der Waals surface area (Å²) in [4.78, 5) is 0. The van der Waals surface area contributed by atoms with Crippen molar-refractivity contribution in [3.05, 3.63) is 0 Å². The van der Waals surface area contributed by atoms with Crippen molar-refractivity contribution < 1.29 is 0 Å². The zero-order valence-corrected chi connectivity index (χ0v) is 4.70. The van der Waals surface area contributed by atoms with E-state index in [-0.39, 0.29) is 0 Å². The highest BCUT2D eigenvalue weighted by Gasteiger charge is 2.49. The van der Waals surface area contributed by atoms with Gasteiger partial charge < -0.3 is 5.32 Å². The summed E-state index contributed by atoms with van der Waals surface area (Å²) in [5, 5.41) is 3.37. The molecule has 1 nitrogen and oxygen atoms in total. The average Bonchev–Trinajstić information content (AvgIpc) is 2.14. The number of hydrogen-bond donors (Lipinski definition) is 1. The molecule has 1 aliphatic carbocycles. The molecule has 2 rings (SSSR count). The Morgan fingerprint density at radius 3 is 2.29 bits per heavy atom. The van der Waals surface area contributed by atoms with E-state index >= 15 is 0 Å². The molecule has 0 aromatic rings. The van der Waals surface area contributed by atoms with E-state index in [2.05, 4.69) is 12.2 Å². The number of nitrogens with one attached hydrogen (secondary N) is 1. The van der Waals surface area contributed by atoms with Gasteiger partial charge in [-0.15, -0.1) is 0 Å². The molecule has 0 unspecified atom stereocenters. The van der Waals surface area contributed by atoms with Gasteiger partial charge in [0.15, 0.2) is 0 Å². The van der Waals surface area contributed by atoms with E-state index in [1.165, 1.54) is 19.4 Å². The summed E-state index contributed by atoms with van der Waals surface area (Å²) in [7, 11) is 0. The lowest BCUT2D eigenvalue weighted by atomic mass is 10.1. The van der Waals surface area contributed by atoms with Gasteiger partial charge in [0.05, 0.1) is 0 Å². The van der Waals surface area contributed by atoms with Gasteiger partial charge in [0.2, 0.25) is 0 Å². The molecule has 1 saturated carbocycles. The molecular formula is C6H11N. The smallest absolute Gasteiger partial charge is 0.0307 e. The molecule has 0 aromatic heterocycles. The molecule has 2 aliphatic rings. The Balaban J connectivity index is 2.04. The van der Waals surface area contributed by atoms with Gasteiger partial charge in [-0.1, -0.05) is 0 Å². The number of hydrogen-bond acceptors (Lipinski definition) is 1. The molecule has 0 spiro atoms. The predicted molar refractivity (Wildman–Crippen MR) is 29.1 cm³/mol. The molecule has 0 aromatic carbocycles. The van der Waals surface area contributed by atoms with Crippen LogP contribution in [0.15, 0.2) is 0 Å². The van der Waals surface area contributed by atoms with E-state index in [0.29, 0.717) is 5.54 Å². The van der Waals surface area contributed by atoms with Crippen LogP contribution in [-0.2, 0) is 0 Å². The SMILES string of the molecule is C[C@]1(C2CC2)CN1. The van der Waals surface area contributed by atoms with Crippen LogP contribution in [0.5, 0.6) is 0 Å². The third-order valence-corrected chi connectivity index (χ3v) is 2.21. The molecule has 0 bridgehead atoms. The third-order valence-electron chi connectivity index (χ3n) is 2.21. The summed E-state index contributed by atoms with van der Waals surface area (Å²) >= 11 is 0. The Kier molecular flexibility index (Phi) is 0.487. The van der Waals surface area contributed by atoms with Gasteiger partial charge in [-0.2, -0.15) is 0 Å². The Labute approximate surface area is 44.1 Å². The molecule has 40 valence electrons. The van der Waals surface area contributed by atoms with Crippen LogP contribution in [0.1, 0.15) is 19.8 Å². The zero-order valence-electron chi connectivity index (χ0n) is 4.70. The van der Waals surface area contributed by atoms with E-state index in [9.17, 15) is 0 Å². The molecule has 1 aliphatic heterocycles. The lowest BCUT2D eigenvalue weighted by Crippen LogP contribution is -2.10. The monoisotopic (exact) mass is 97.1 g/mol. The van der Waals surface area contributed by atoms with Gasteiger partial charge >= 0.3 is 0 Å². The van der Waals surface area contributed by atoms with E-state index in [1.54, 1.807) is 0 Å². The van der Waals surface area contributed by atoms with E-state index in [0.717, 1.165) is 5.92 Å². The topological polar surface area (TPSA) is 21.9 Å². The van der Waals surface area contributed by atoms with Crippen LogP contribution in [0.25, 0.3) is 0 Å². The lowest BCUT2D eigenvalue weighted by Gasteiger charge is -1.98. The first-order valence-corrected chi connectivity index (χ1v) is 3.06. The fourth-order valence-electron chi connectivity index (χ4n) is 1.15. The van der Waals surface area contributed by atoms with Crippen molar-refractivity contribution in [2.24, 2.45) is 5.92 Å². The summed E-state index contributed by atoms with van der Waals surface area (Å²) in [6, 6.07) is 0. The van der Waals surface area contributed by atoms with Gasteiger partial charge in [-0.05, 0) is 25.7 Å². The third kappa shape index (κ3) is 0.480. The maximum Gasteiger partial charge on any atom is 0.0307 e. The van der Waals surface area contributed by atoms with Gasteiger partial charge in [-0.3, -0.25) is 0 Å². The van der Waals surface area contributed by atoms with Gasteiger partial charge in [0.1, 0.15) is 0 Å². The van der Waals surface area contributed by atoms with Crippen LogP contribution in [0.2, 0.25) is 0 Å². The molecule has 0 radical (unpaired) electrons. The molecule has 1 saturated heterocycles. The Hall–Kier alpha value is -0.0400. The van der Waals surface area contributed by atoms with Crippen LogP contribution in [-0.4, -0.2) is 12.1 Å². The normalized spacial score (nSPS) is 49.3. The first-order chi connectivity index (χ1) is 3.31. The zero-order chi connectivity index (χ0) is 4.91. The summed E-state index contributed by atoms with van der Waals surface area (Å²) in [6.45, 7) is 3.60. The maximum absolute atomic E-state index is 3.37. The highest BCUT2D eigenvalue weighted by Crippen LogP contribution is 2.44. The van der Waals surface area contributed by atoms with Crippen molar-refractivity contribution in [3.63, 3.8) is 0 Å². The second-order valence-electron chi connectivity index (χ2n) is 3.05. The Bertz CT molecular complexity index is 90.4. The van der Waals surface area contributed by atoms with Crippen molar-refractivity contribution in [2.45, 2.75) is 25.3 Å². The summed E-state index contributed by atoms with van der Waals surface area (Å²) in [5.74, 6) is 1.05. The van der Waals surface area contributed by atoms with Crippen LogP contribution in [0.4, 0.5) is 0 Å². The van der Waals surface area contributed by atoms with Crippen molar-refractivity contribution >= 4 is 0 Å². The van der Waals surface area contributed by atoms with Gasteiger partial charge in [-0.25, -0.2) is 0 Å². The molecule has 2 fully saturated rings. The molecule has 1 heteroatoms. The van der Waals surface area contributed by atoms with Crippen molar-refractivity contribution in [3.8, 4) is 0 Å². The Morgan fingerprint density at radius 2 is 2.14 bits per heavy atom. The minimum atomic E-state index is 0.611. The van der Waals surface area contributed by atoms with Gasteiger partial charge in [0, 0.05) is 12.1 Å². The largest absolute Gasteiger partial charge is 0.308 e. The van der Waals surface area contributed by atoms with E-state index in [1.807, 2.05) is 0 Å².